The van der Waals surface area contributed by atoms with E-state index in [0.717, 1.165) is 23.3 Å². The Bertz CT molecular complexity index is 460. The third-order valence-corrected chi connectivity index (χ3v) is 3.02. The van der Waals surface area contributed by atoms with Crippen LogP contribution in [0.1, 0.15) is 18.1 Å². The Hall–Kier alpha value is -1.77. The van der Waals surface area contributed by atoms with E-state index in [1.54, 1.807) is 14.0 Å². The van der Waals surface area contributed by atoms with Crippen molar-refractivity contribution in [2.24, 2.45) is 5.92 Å². The second kappa shape index (κ2) is 4.00. The molecule has 3 heteroatoms. The average molecular weight is 218 g/mol. The zero-order valence-corrected chi connectivity index (χ0v) is 9.36. The molecular weight excluding hydrogens is 204 g/mol. The van der Waals surface area contributed by atoms with E-state index < -0.39 is 11.9 Å². The van der Waals surface area contributed by atoms with Gasteiger partial charge in [-0.05, 0) is 36.6 Å². The Morgan fingerprint density at radius 2 is 2.25 bits per heavy atom. The van der Waals surface area contributed by atoms with E-state index in [2.05, 4.69) is 0 Å². The Labute approximate surface area is 94.4 Å². The number of aliphatic carboxylic acids is 1. The third kappa shape index (κ3) is 1.81. The first-order valence-corrected chi connectivity index (χ1v) is 5.22. The molecule has 0 heterocycles. The molecule has 1 aliphatic rings. The minimum absolute atomic E-state index is 0.418. The summed E-state index contributed by atoms with van der Waals surface area (Å²) >= 11 is 0. The fourth-order valence-corrected chi connectivity index (χ4v) is 1.90. The van der Waals surface area contributed by atoms with E-state index in [-0.39, 0.29) is 0 Å². The quantitative estimate of drug-likeness (QED) is 0.847. The normalized spacial score (nSPS) is 15.2. The molecule has 0 bridgehead atoms. The first-order valence-electron chi connectivity index (χ1n) is 5.22. The monoisotopic (exact) mass is 218 g/mol. The molecule has 0 aliphatic heterocycles. The number of hydrogen-bond acceptors (Lipinski definition) is 2. The molecule has 1 atom stereocenters. The second-order valence-electron chi connectivity index (χ2n) is 4.02. The molecule has 1 N–H and O–H groups in total. The highest BCUT2D eigenvalue weighted by molar-refractivity contribution is 5.78. The van der Waals surface area contributed by atoms with Crippen molar-refractivity contribution in [3.05, 3.63) is 34.9 Å². The van der Waals surface area contributed by atoms with Gasteiger partial charge in [0.1, 0.15) is 5.75 Å². The molecule has 1 aliphatic carbocycles. The maximum absolute atomic E-state index is 10.9. The van der Waals surface area contributed by atoms with Gasteiger partial charge in [-0.2, -0.15) is 0 Å². The standard InChI is InChI=1S/C13H14O3/c1-8(13(14)15)10-5-9-3-4-12(16-2)7-11(9)6-10/h3-4,6-8H,5H2,1-2H3,(H,14,15). The Kier molecular flexibility index (Phi) is 2.69. The van der Waals surface area contributed by atoms with Gasteiger partial charge in [-0.25, -0.2) is 0 Å². The summed E-state index contributed by atoms with van der Waals surface area (Å²) in [5, 5.41) is 8.96. The van der Waals surface area contributed by atoms with Gasteiger partial charge in [0.2, 0.25) is 0 Å². The number of carboxylic acid groups (broad SMARTS) is 1. The van der Waals surface area contributed by atoms with Crippen molar-refractivity contribution in [1.82, 2.24) is 0 Å². The Morgan fingerprint density at radius 3 is 2.88 bits per heavy atom. The molecular formula is C13H14O3. The molecule has 1 aromatic carbocycles. The number of carboxylic acids is 1. The van der Waals surface area contributed by atoms with E-state index >= 15 is 0 Å². The number of carbonyl (C=O) groups is 1. The number of ether oxygens (including phenoxy) is 1. The smallest absolute Gasteiger partial charge is 0.310 e. The number of hydrogen-bond donors (Lipinski definition) is 1. The summed E-state index contributed by atoms with van der Waals surface area (Å²) in [7, 11) is 1.63. The van der Waals surface area contributed by atoms with Gasteiger partial charge in [0.25, 0.3) is 0 Å². The van der Waals surface area contributed by atoms with Gasteiger partial charge in [-0.3, -0.25) is 4.79 Å². The summed E-state index contributed by atoms with van der Waals surface area (Å²) in [4.78, 5) is 10.9. The van der Waals surface area contributed by atoms with E-state index in [1.807, 2.05) is 24.3 Å². The van der Waals surface area contributed by atoms with Gasteiger partial charge in [0, 0.05) is 0 Å². The molecule has 0 saturated heterocycles. The molecule has 3 nitrogen and oxygen atoms in total. The summed E-state index contributed by atoms with van der Waals surface area (Å²) in [5.74, 6) is -0.386. The van der Waals surface area contributed by atoms with Gasteiger partial charge in [-0.15, -0.1) is 0 Å². The number of benzene rings is 1. The molecule has 0 spiro atoms. The SMILES string of the molecule is COc1ccc2c(c1)C=C(C(C)C(=O)O)C2. The largest absolute Gasteiger partial charge is 0.497 e. The van der Waals surface area contributed by atoms with Crippen LogP contribution in [0.5, 0.6) is 5.75 Å². The maximum Gasteiger partial charge on any atom is 0.310 e. The third-order valence-electron chi connectivity index (χ3n) is 3.02. The lowest BCUT2D eigenvalue weighted by molar-refractivity contribution is -0.139. The van der Waals surface area contributed by atoms with Gasteiger partial charge in [0.05, 0.1) is 13.0 Å². The van der Waals surface area contributed by atoms with E-state index in [4.69, 9.17) is 9.84 Å². The summed E-state index contributed by atoms with van der Waals surface area (Å²) in [5.41, 5.74) is 3.20. The molecule has 0 fully saturated rings. The first kappa shape index (κ1) is 10.7. The van der Waals surface area contributed by atoms with Crippen LogP contribution in [-0.4, -0.2) is 18.2 Å². The molecule has 1 unspecified atom stereocenters. The summed E-state index contributed by atoms with van der Waals surface area (Å²) in [6.07, 6.45) is 2.68. The highest BCUT2D eigenvalue weighted by Gasteiger charge is 2.22. The number of rotatable bonds is 3. The van der Waals surface area contributed by atoms with Crippen molar-refractivity contribution in [2.45, 2.75) is 13.3 Å². The van der Waals surface area contributed by atoms with E-state index in [1.165, 1.54) is 5.56 Å². The van der Waals surface area contributed by atoms with Gasteiger partial charge < -0.3 is 9.84 Å². The van der Waals surface area contributed by atoms with Crippen LogP contribution >= 0.6 is 0 Å². The molecule has 0 radical (unpaired) electrons. The predicted octanol–water partition coefficient (Wildman–Crippen LogP) is 2.36. The minimum Gasteiger partial charge on any atom is -0.497 e. The zero-order valence-electron chi connectivity index (χ0n) is 9.36. The van der Waals surface area contributed by atoms with Crippen LogP contribution in [0.3, 0.4) is 0 Å². The predicted molar refractivity (Wildman–Crippen MR) is 61.5 cm³/mol. The van der Waals surface area contributed by atoms with Crippen molar-refractivity contribution in [2.75, 3.05) is 7.11 Å². The summed E-state index contributed by atoms with van der Waals surface area (Å²) in [6.45, 7) is 1.72. The van der Waals surface area contributed by atoms with Crippen LogP contribution in [0.15, 0.2) is 23.8 Å². The molecule has 0 saturated carbocycles. The molecule has 0 aromatic heterocycles. The molecule has 84 valence electrons. The van der Waals surface area contributed by atoms with Crippen LogP contribution < -0.4 is 4.74 Å². The molecule has 0 amide bonds. The zero-order chi connectivity index (χ0) is 11.7. The summed E-state index contributed by atoms with van der Waals surface area (Å²) in [6, 6.07) is 5.84. The number of methoxy groups -OCH3 is 1. The molecule has 2 rings (SSSR count). The topological polar surface area (TPSA) is 46.5 Å². The van der Waals surface area contributed by atoms with Crippen molar-refractivity contribution in [1.29, 1.82) is 0 Å². The van der Waals surface area contributed by atoms with E-state index in [9.17, 15) is 4.79 Å². The first-order chi connectivity index (χ1) is 7.61. The van der Waals surface area contributed by atoms with Gasteiger partial charge >= 0.3 is 5.97 Å². The molecule has 1 aromatic rings. The van der Waals surface area contributed by atoms with Crippen molar-refractivity contribution < 1.29 is 14.6 Å². The lowest BCUT2D eigenvalue weighted by Crippen LogP contribution is -2.12. The van der Waals surface area contributed by atoms with Crippen molar-refractivity contribution in [3.63, 3.8) is 0 Å². The second-order valence-corrected chi connectivity index (χ2v) is 4.02. The number of fused-ring (bicyclic) bond motifs is 1. The van der Waals surface area contributed by atoms with Gasteiger partial charge in [0.15, 0.2) is 0 Å². The van der Waals surface area contributed by atoms with Crippen LogP contribution in [0, 0.1) is 5.92 Å². The van der Waals surface area contributed by atoms with E-state index in [0.29, 0.717) is 0 Å². The highest BCUT2D eigenvalue weighted by atomic mass is 16.5. The Morgan fingerprint density at radius 1 is 1.50 bits per heavy atom. The van der Waals surface area contributed by atoms with Crippen molar-refractivity contribution >= 4 is 12.0 Å². The van der Waals surface area contributed by atoms with Crippen LogP contribution in [-0.2, 0) is 11.2 Å². The average Bonchev–Trinajstić information content (AvgIpc) is 2.69. The Balaban J connectivity index is 2.29. The van der Waals surface area contributed by atoms with Crippen LogP contribution in [0.2, 0.25) is 0 Å². The fourth-order valence-electron chi connectivity index (χ4n) is 1.90. The minimum atomic E-state index is -0.772. The van der Waals surface area contributed by atoms with Crippen LogP contribution in [0.4, 0.5) is 0 Å². The molecule has 16 heavy (non-hydrogen) atoms. The summed E-state index contributed by atoms with van der Waals surface area (Å²) < 4.78 is 5.14. The maximum atomic E-state index is 10.9. The fraction of sp³-hybridized carbons (Fsp3) is 0.308. The lowest BCUT2D eigenvalue weighted by Gasteiger charge is -2.06. The van der Waals surface area contributed by atoms with Gasteiger partial charge in [-0.1, -0.05) is 17.7 Å². The van der Waals surface area contributed by atoms with Crippen molar-refractivity contribution in [3.8, 4) is 5.75 Å². The highest BCUT2D eigenvalue weighted by Crippen LogP contribution is 2.31. The van der Waals surface area contributed by atoms with Crippen LogP contribution in [0.25, 0.3) is 6.08 Å². The lowest BCUT2D eigenvalue weighted by atomic mass is 10.00.